The van der Waals surface area contributed by atoms with E-state index < -0.39 is 0 Å². The molecule has 4 nitrogen and oxygen atoms in total. The van der Waals surface area contributed by atoms with Gasteiger partial charge in [0.2, 0.25) is 0 Å². The molecule has 15 heavy (non-hydrogen) atoms. The maximum absolute atomic E-state index is 4.21. The highest BCUT2D eigenvalue weighted by atomic mass is 79.9. The van der Waals surface area contributed by atoms with Crippen molar-refractivity contribution in [1.82, 2.24) is 20.5 Å². The summed E-state index contributed by atoms with van der Waals surface area (Å²) in [5.74, 6) is 1.66. The number of hydrogen-bond donors (Lipinski definition) is 2. The minimum Gasteiger partial charge on any atom is -0.305 e. The second kappa shape index (κ2) is 4.87. The van der Waals surface area contributed by atoms with E-state index in [4.69, 9.17) is 0 Å². The smallest absolute Gasteiger partial charge is 0.164 e. The average molecular weight is 287 g/mol. The van der Waals surface area contributed by atoms with Gasteiger partial charge in [-0.25, -0.2) is 4.98 Å². The molecule has 0 amide bonds. The molecule has 0 aliphatic carbocycles. The lowest BCUT2D eigenvalue weighted by molar-refractivity contribution is 0.670. The van der Waals surface area contributed by atoms with Gasteiger partial charge in [-0.15, -0.1) is 11.3 Å². The zero-order chi connectivity index (χ0) is 10.7. The van der Waals surface area contributed by atoms with E-state index in [1.54, 1.807) is 11.3 Å². The van der Waals surface area contributed by atoms with Crippen LogP contribution in [-0.2, 0) is 13.1 Å². The first-order valence-corrected chi connectivity index (χ1v) is 6.23. The molecule has 0 radical (unpaired) electrons. The maximum atomic E-state index is 4.21. The first kappa shape index (κ1) is 10.8. The van der Waals surface area contributed by atoms with Gasteiger partial charge in [-0.05, 0) is 28.9 Å². The lowest BCUT2D eigenvalue weighted by atomic mass is 10.4. The number of nitrogens with one attached hydrogen (secondary N) is 2. The van der Waals surface area contributed by atoms with Crippen LogP contribution in [0.4, 0.5) is 0 Å². The summed E-state index contributed by atoms with van der Waals surface area (Å²) in [6, 6.07) is 2.11. The highest BCUT2D eigenvalue weighted by Gasteiger charge is 2.00. The first-order valence-electron chi connectivity index (χ1n) is 4.55. The van der Waals surface area contributed by atoms with E-state index in [-0.39, 0.29) is 0 Å². The average Bonchev–Trinajstić information content (AvgIpc) is 2.76. The van der Waals surface area contributed by atoms with Gasteiger partial charge in [-0.2, -0.15) is 5.10 Å². The molecule has 0 unspecified atom stereocenters. The first-order chi connectivity index (χ1) is 7.24. The summed E-state index contributed by atoms with van der Waals surface area (Å²) in [6.07, 6.45) is 0. The van der Waals surface area contributed by atoms with Gasteiger partial charge in [-0.3, -0.25) is 5.10 Å². The Morgan fingerprint density at radius 2 is 2.40 bits per heavy atom. The summed E-state index contributed by atoms with van der Waals surface area (Å²) >= 11 is 5.16. The van der Waals surface area contributed by atoms with Crippen molar-refractivity contribution in [1.29, 1.82) is 0 Å². The summed E-state index contributed by atoms with van der Waals surface area (Å²) in [6.45, 7) is 3.44. The van der Waals surface area contributed by atoms with E-state index in [0.717, 1.165) is 22.7 Å². The van der Waals surface area contributed by atoms with Crippen LogP contribution in [0.15, 0.2) is 15.9 Å². The van der Waals surface area contributed by atoms with Crippen LogP contribution in [0.5, 0.6) is 0 Å². The summed E-state index contributed by atoms with van der Waals surface area (Å²) < 4.78 is 1.14. The Labute approximate surface area is 100 Å². The van der Waals surface area contributed by atoms with E-state index in [0.29, 0.717) is 6.54 Å². The van der Waals surface area contributed by atoms with Gasteiger partial charge in [-0.1, -0.05) is 0 Å². The van der Waals surface area contributed by atoms with Gasteiger partial charge in [0, 0.05) is 21.3 Å². The van der Waals surface area contributed by atoms with Crippen LogP contribution in [0.3, 0.4) is 0 Å². The van der Waals surface area contributed by atoms with Crippen molar-refractivity contribution < 1.29 is 0 Å². The SMILES string of the molecule is Cc1nc(CNCc2cc(Br)cs2)n[nH]1. The van der Waals surface area contributed by atoms with Crippen molar-refractivity contribution in [2.75, 3.05) is 0 Å². The van der Waals surface area contributed by atoms with E-state index in [9.17, 15) is 0 Å². The van der Waals surface area contributed by atoms with E-state index >= 15 is 0 Å². The molecule has 0 aliphatic heterocycles. The van der Waals surface area contributed by atoms with Crippen molar-refractivity contribution in [2.45, 2.75) is 20.0 Å². The fourth-order valence-electron chi connectivity index (χ4n) is 1.21. The largest absolute Gasteiger partial charge is 0.305 e. The van der Waals surface area contributed by atoms with Crippen molar-refractivity contribution in [2.24, 2.45) is 0 Å². The van der Waals surface area contributed by atoms with E-state index in [1.165, 1.54) is 4.88 Å². The molecule has 2 N–H and O–H groups in total. The van der Waals surface area contributed by atoms with E-state index in [1.807, 2.05) is 6.92 Å². The number of thiophene rings is 1. The number of aromatic nitrogens is 3. The maximum Gasteiger partial charge on any atom is 0.164 e. The van der Waals surface area contributed by atoms with Gasteiger partial charge < -0.3 is 5.32 Å². The fraction of sp³-hybridized carbons (Fsp3) is 0.333. The third-order valence-electron chi connectivity index (χ3n) is 1.85. The molecule has 0 bridgehead atoms. The molecule has 0 spiro atoms. The predicted molar refractivity (Wildman–Crippen MR) is 63.7 cm³/mol. The van der Waals surface area contributed by atoms with E-state index in [2.05, 4.69) is 47.9 Å². The molecular formula is C9H11BrN4S. The number of halogens is 1. The highest BCUT2D eigenvalue weighted by Crippen LogP contribution is 2.19. The predicted octanol–water partition coefficient (Wildman–Crippen LogP) is 2.23. The lowest BCUT2D eigenvalue weighted by Gasteiger charge is -1.98. The summed E-state index contributed by atoms with van der Waals surface area (Å²) in [5.41, 5.74) is 0. The van der Waals surface area contributed by atoms with Crippen molar-refractivity contribution in [3.8, 4) is 0 Å². The number of rotatable bonds is 4. The second-order valence-electron chi connectivity index (χ2n) is 3.17. The van der Waals surface area contributed by atoms with Crippen LogP contribution in [0, 0.1) is 6.92 Å². The number of aromatic amines is 1. The fourth-order valence-corrected chi connectivity index (χ4v) is 2.63. The Balaban J connectivity index is 1.80. The molecule has 80 valence electrons. The molecule has 0 aromatic carbocycles. The van der Waals surface area contributed by atoms with Crippen LogP contribution < -0.4 is 5.32 Å². The summed E-state index contributed by atoms with van der Waals surface area (Å²) in [5, 5.41) is 12.2. The Kier molecular flexibility index (Phi) is 3.50. The monoisotopic (exact) mass is 286 g/mol. The number of nitrogens with zero attached hydrogens (tertiary/aromatic N) is 2. The normalized spacial score (nSPS) is 10.8. The molecule has 2 rings (SSSR count). The molecule has 2 aromatic heterocycles. The number of hydrogen-bond acceptors (Lipinski definition) is 4. The van der Waals surface area contributed by atoms with Gasteiger partial charge >= 0.3 is 0 Å². The molecule has 0 saturated carbocycles. The third kappa shape index (κ3) is 3.12. The number of H-pyrrole nitrogens is 1. The van der Waals surface area contributed by atoms with Crippen molar-refractivity contribution in [3.63, 3.8) is 0 Å². The second-order valence-corrected chi connectivity index (χ2v) is 5.08. The zero-order valence-corrected chi connectivity index (χ0v) is 10.7. The molecular weight excluding hydrogens is 276 g/mol. The van der Waals surface area contributed by atoms with Crippen LogP contribution in [-0.4, -0.2) is 15.2 Å². The van der Waals surface area contributed by atoms with Crippen LogP contribution in [0.2, 0.25) is 0 Å². The molecule has 0 atom stereocenters. The molecule has 2 aromatic rings. The van der Waals surface area contributed by atoms with Gasteiger partial charge in [0.1, 0.15) is 5.82 Å². The summed E-state index contributed by atoms with van der Waals surface area (Å²) in [4.78, 5) is 5.51. The molecule has 6 heteroatoms. The molecule has 2 heterocycles. The Bertz CT molecular complexity index is 397. The number of aryl methyl sites for hydroxylation is 1. The van der Waals surface area contributed by atoms with Gasteiger partial charge in [0.05, 0.1) is 6.54 Å². The molecule has 0 fully saturated rings. The quantitative estimate of drug-likeness (QED) is 0.906. The van der Waals surface area contributed by atoms with Crippen LogP contribution >= 0.6 is 27.3 Å². The third-order valence-corrected chi connectivity index (χ3v) is 3.55. The molecule has 0 saturated heterocycles. The Morgan fingerprint density at radius 1 is 1.53 bits per heavy atom. The standard InChI is InChI=1S/C9H11BrN4S/c1-6-12-9(14-13-6)4-11-3-8-2-7(10)5-15-8/h2,5,11H,3-4H2,1H3,(H,12,13,14). The lowest BCUT2D eigenvalue weighted by Crippen LogP contribution is -2.12. The summed E-state index contributed by atoms with van der Waals surface area (Å²) in [7, 11) is 0. The topological polar surface area (TPSA) is 53.6 Å². The Hall–Kier alpha value is -0.720. The van der Waals surface area contributed by atoms with Crippen molar-refractivity contribution in [3.05, 3.63) is 32.4 Å². The Morgan fingerprint density at radius 3 is 3.00 bits per heavy atom. The van der Waals surface area contributed by atoms with Crippen molar-refractivity contribution >= 4 is 27.3 Å². The van der Waals surface area contributed by atoms with Gasteiger partial charge in [0.25, 0.3) is 0 Å². The zero-order valence-electron chi connectivity index (χ0n) is 8.25. The minimum atomic E-state index is 0.694. The van der Waals surface area contributed by atoms with Crippen LogP contribution in [0.1, 0.15) is 16.5 Å². The van der Waals surface area contributed by atoms with Gasteiger partial charge in [0.15, 0.2) is 5.82 Å². The minimum absolute atomic E-state index is 0.694. The van der Waals surface area contributed by atoms with Crippen LogP contribution in [0.25, 0.3) is 0 Å². The highest BCUT2D eigenvalue weighted by molar-refractivity contribution is 9.10. The molecule has 0 aliphatic rings.